The number of nitrogens with two attached hydrogens (primary N) is 1. The Morgan fingerprint density at radius 3 is 2.76 bits per heavy atom. The number of nitrogens with one attached hydrogen (secondary N) is 1. The van der Waals surface area contributed by atoms with Crippen LogP contribution in [-0.4, -0.2) is 26.7 Å². The number of nitrogen functional groups attached to an aromatic ring is 1. The highest BCUT2D eigenvalue weighted by Gasteiger charge is 2.17. The van der Waals surface area contributed by atoms with Gasteiger partial charge < -0.3 is 10.8 Å². The molecule has 0 spiro atoms. The first kappa shape index (κ1) is 14.4. The van der Waals surface area contributed by atoms with Crippen molar-refractivity contribution < 1.29 is 13.5 Å². The minimum absolute atomic E-state index is 0.0756. The third-order valence-corrected chi connectivity index (χ3v) is 5.42. The Hall–Kier alpha value is -0.630. The lowest BCUT2D eigenvalue weighted by Gasteiger charge is -2.13. The minimum Gasteiger partial charge on any atom is -0.398 e. The van der Waals surface area contributed by atoms with Gasteiger partial charge in [0.05, 0.1) is 0 Å². The van der Waals surface area contributed by atoms with Gasteiger partial charge in [-0.3, -0.25) is 0 Å². The minimum atomic E-state index is -3.46. The number of rotatable bonds is 7. The molecule has 4 N–H and O–H groups in total. The molecule has 0 aromatic carbocycles. The van der Waals surface area contributed by atoms with E-state index in [0.717, 1.165) is 17.8 Å². The third-order valence-electron chi connectivity index (χ3n) is 2.54. The molecule has 1 heterocycles. The van der Waals surface area contributed by atoms with E-state index in [1.165, 1.54) is 6.07 Å². The quantitative estimate of drug-likeness (QED) is 0.694. The fourth-order valence-corrected chi connectivity index (χ4v) is 3.64. The summed E-state index contributed by atoms with van der Waals surface area (Å²) in [6, 6.07) is 1.44. The fraction of sp³-hybridized carbons (Fsp3) is 0.600. The highest BCUT2D eigenvalue weighted by molar-refractivity contribution is 7.91. The average Bonchev–Trinajstić information content (AvgIpc) is 2.72. The summed E-state index contributed by atoms with van der Waals surface area (Å²) in [5.41, 5.74) is 5.95. The normalized spacial score (nSPS) is 13.8. The lowest BCUT2D eigenvalue weighted by molar-refractivity contribution is 0.254. The van der Waals surface area contributed by atoms with E-state index < -0.39 is 10.0 Å². The predicted molar refractivity (Wildman–Crippen MR) is 69.4 cm³/mol. The van der Waals surface area contributed by atoms with Crippen LogP contribution in [0.1, 0.15) is 19.8 Å². The molecule has 17 heavy (non-hydrogen) atoms. The Morgan fingerprint density at radius 1 is 1.59 bits per heavy atom. The van der Waals surface area contributed by atoms with E-state index in [-0.39, 0.29) is 16.7 Å². The molecule has 0 aliphatic rings. The summed E-state index contributed by atoms with van der Waals surface area (Å²) < 4.78 is 26.5. The molecule has 1 aromatic rings. The van der Waals surface area contributed by atoms with Crippen LogP contribution in [0.3, 0.4) is 0 Å². The standard InChI is InChI=1S/C10H18N2O3S2/c1-2-8(3-4-13)6-12-17(14,15)10-5-9(11)7-16-10/h5,7-8,12-13H,2-4,6,11H2,1H3. The van der Waals surface area contributed by atoms with Gasteiger partial charge in [-0.05, 0) is 18.4 Å². The van der Waals surface area contributed by atoms with Crippen LogP contribution in [0, 0.1) is 5.92 Å². The van der Waals surface area contributed by atoms with Crippen molar-refractivity contribution in [2.45, 2.75) is 24.0 Å². The largest absolute Gasteiger partial charge is 0.398 e. The number of hydrogen-bond acceptors (Lipinski definition) is 5. The molecule has 0 bridgehead atoms. The van der Waals surface area contributed by atoms with Crippen LogP contribution >= 0.6 is 11.3 Å². The number of hydrogen-bond donors (Lipinski definition) is 3. The monoisotopic (exact) mass is 278 g/mol. The zero-order chi connectivity index (χ0) is 12.9. The van der Waals surface area contributed by atoms with Crippen molar-refractivity contribution in [3.63, 3.8) is 0 Å². The van der Waals surface area contributed by atoms with Crippen LogP contribution in [0.2, 0.25) is 0 Å². The number of anilines is 1. The molecule has 7 heteroatoms. The van der Waals surface area contributed by atoms with Gasteiger partial charge in [0, 0.05) is 24.2 Å². The summed E-state index contributed by atoms with van der Waals surface area (Å²) in [7, 11) is -3.46. The highest BCUT2D eigenvalue weighted by atomic mass is 32.2. The van der Waals surface area contributed by atoms with Gasteiger partial charge >= 0.3 is 0 Å². The molecule has 0 saturated heterocycles. The Kier molecular flexibility index (Phi) is 5.38. The number of aliphatic hydroxyl groups is 1. The summed E-state index contributed by atoms with van der Waals surface area (Å²) in [6.45, 7) is 2.39. The van der Waals surface area contributed by atoms with Gasteiger partial charge in [-0.15, -0.1) is 11.3 Å². The molecule has 1 aromatic heterocycles. The van der Waals surface area contributed by atoms with Crippen LogP contribution in [0.25, 0.3) is 0 Å². The van der Waals surface area contributed by atoms with Crippen LogP contribution in [0.4, 0.5) is 5.69 Å². The molecule has 0 aliphatic carbocycles. The van der Waals surface area contributed by atoms with Crippen LogP contribution < -0.4 is 10.5 Å². The zero-order valence-corrected chi connectivity index (χ0v) is 11.4. The van der Waals surface area contributed by atoms with Crippen LogP contribution in [-0.2, 0) is 10.0 Å². The summed E-state index contributed by atoms with van der Waals surface area (Å²) in [5, 5.41) is 10.4. The van der Waals surface area contributed by atoms with Gasteiger partial charge in [0.25, 0.3) is 0 Å². The van der Waals surface area contributed by atoms with E-state index in [1.807, 2.05) is 6.92 Å². The van der Waals surface area contributed by atoms with Crippen LogP contribution in [0.5, 0.6) is 0 Å². The van der Waals surface area contributed by atoms with Crippen molar-refractivity contribution >= 4 is 27.0 Å². The molecule has 1 atom stereocenters. The molecular weight excluding hydrogens is 260 g/mol. The van der Waals surface area contributed by atoms with E-state index in [4.69, 9.17) is 10.8 Å². The zero-order valence-electron chi connectivity index (χ0n) is 9.72. The van der Waals surface area contributed by atoms with Gasteiger partial charge in [0.2, 0.25) is 10.0 Å². The van der Waals surface area contributed by atoms with Gasteiger partial charge in [-0.1, -0.05) is 13.3 Å². The van der Waals surface area contributed by atoms with Crippen molar-refractivity contribution in [3.05, 3.63) is 11.4 Å². The second-order valence-corrected chi connectivity index (χ2v) is 6.74. The van der Waals surface area contributed by atoms with Gasteiger partial charge in [0.1, 0.15) is 4.21 Å². The number of thiophene rings is 1. The van der Waals surface area contributed by atoms with Gasteiger partial charge in [-0.25, -0.2) is 13.1 Å². The smallest absolute Gasteiger partial charge is 0.250 e. The Balaban J connectivity index is 2.61. The lowest BCUT2D eigenvalue weighted by atomic mass is 10.0. The maximum absolute atomic E-state index is 11.9. The average molecular weight is 278 g/mol. The number of aliphatic hydroxyl groups excluding tert-OH is 1. The first-order valence-corrected chi connectivity index (χ1v) is 7.80. The molecule has 0 radical (unpaired) electrons. The van der Waals surface area contributed by atoms with Crippen LogP contribution in [0.15, 0.2) is 15.7 Å². The highest BCUT2D eigenvalue weighted by Crippen LogP contribution is 2.21. The fourth-order valence-electron chi connectivity index (χ4n) is 1.40. The second-order valence-electron chi connectivity index (χ2n) is 3.84. The van der Waals surface area contributed by atoms with E-state index in [2.05, 4.69) is 4.72 Å². The predicted octanol–water partition coefficient (Wildman–Crippen LogP) is 1.02. The molecular formula is C10H18N2O3S2. The first-order valence-electron chi connectivity index (χ1n) is 5.44. The first-order chi connectivity index (χ1) is 7.99. The summed E-state index contributed by atoms with van der Waals surface area (Å²) in [4.78, 5) is 0. The van der Waals surface area contributed by atoms with E-state index >= 15 is 0 Å². The Labute approximate surface area is 106 Å². The lowest BCUT2D eigenvalue weighted by Crippen LogP contribution is -2.29. The molecule has 98 valence electrons. The van der Waals surface area contributed by atoms with Crippen molar-refractivity contribution in [1.82, 2.24) is 4.72 Å². The summed E-state index contributed by atoms with van der Waals surface area (Å²) >= 11 is 1.10. The molecule has 5 nitrogen and oxygen atoms in total. The molecule has 0 aliphatic heterocycles. The topological polar surface area (TPSA) is 92.4 Å². The molecule has 0 saturated carbocycles. The molecule has 1 unspecified atom stereocenters. The third kappa shape index (κ3) is 4.27. The van der Waals surface area contributed by atoms with Gasteiger partial charge in [0.15, 0.2) is 0 Å². The SMILES string of the molecule is CCC(CCO)CNS(=O)(=O)c1cc(N)cs1. The summed E-state index contributed by atoms with van der Waals surface area (Å²) in [6.07, 6.45) is 1.43. The van der Waals surface area contributed by atoms with Crippen molar-refractivity contribution in [3.8, 4) is 0 Å². The van der Waals surface area contributed by atoms with Gasteiger partial charge in [-0.2, -0.15) is 0 Å². The Morgan fingerprint density at radius 2 is 2.29 bits per heavy atom. The second kappa shape index (κ2) is 6.34. The van der Waals surface area contributed by atoms with E-state index in [1.54, 1.807) is 5.38 Å². The molecule has 0 fully saturated rings. The van der Waals surface area contributed by atoms with Crippen molar-refractivity contribution in [2.24, 2.45) is 5.92 Å². The summed E-state index contributed by atoms with van der Waals surface area (Å²) in [5.74, 6) is 0.159. The maximum Gasteiger partial charge on any atom is 0.250 e. The molecule has 1 rings (SSSR count). The van der Waals surface area contributed by atoms with E-state index in [9.17, 15) is 8.42 Å². The van der Waals surface area contributed by atoms with Crippen molar-refractivity contribution in [2.75, 3.05) is 18.9 Å². The Bertz CT molecular complexity index is 442. The van der Waals surface area contributed by atoms with E-state index in [0.29, 0.717) is 18.7 Å². The van der Waals surface area contributed by atoms with Crippen molar-refractivity contribution in [1.29, 1.82) is 0 Å². The maximum atomic E-state index is 11.9. The number of sulfonamides is 1. The molecule has 0 amide bonds.